The van der Waals surface area contributed by atoms with Crippen molar-refractivity contribution in [1.82, 2.24) is 25.2 Å². The average Bonchev–Trinajstić information content (AvgIpc) is 3.19. The summed E-state index contributed by atoms with van der Waals surface area (Å²) in [5.41, 5.74) is 2.72. The Kier molecular flexibility index (Phi) is 7.24. The standard InChI is InChI=1S/C21H30N6O2S/c1-15-22-7-4-20(25-15)26-17-3-2-16(21(28)23-10-18-13-30-14-24-18)11-27(12-17)19-5-8-29-9-6-19/h4,7,13-14,16-17,19H,2-3,5-6,8-12H2,1H3,(H,23,28)(H,22,25,26)/t16-,17+/m1/s1. The molecule has 2 N–H and O–H groups in total. The number of carbonyl (C=O) groups excluding carboxylic acids is 1. The van der Waals surface area contributed by atoms with Gasteiger partial charge in [0.25, 0.3) is 0 Å². The zero-order valence-corrected chi connectivity index (χ0v) is 18.2. The van der Waals surface area contributed by atoms with Crippen molar-refractivity contribution in [2.24, 2.45) is 5.92 Å². The third-order valence-electron chi connectivity index (χ3n) is 5.91. The summed E-state index contributed by atoms with van der Waals surface area (Å²) in [6.07, 6.45) is 5.60. The Hall–Kier alpha value is -2.10. The van der Waals surface area contributed by atoms with Crippen LogP contribution in [0.15, 0.2) is 23.2 Å². The lowest BCUT2D eigenvalue weighted by atomic mass is 10.00. The van der Waals surface area contributed by atoms with Crippen molar-refractivity contribution in [3.8, 4) is 0 Å². The summed E-state index contributed by atoms with van der Waals surface area (Å²) in [6.45, 7) is 5.68. The summed E-state index contributed by atoms with van der Waals surface area (Å²) in [4.78, 5) is 28.4. The van der Waals surface area contributed by atoms with Crippen LogP contribution in [-0.2, 0) is 16.1 Å². The fourth-order valence-corrected chi connectivity index (χ4v) is 4.86. The van der Waals surface area contributed by atoms with E-state index in [2.05, 4.69) is 30.5 Å². The molecule has 1 amide bonds. The van der Waals surface area contributed by atoms with Gasteiger partial charge in [0.05, 0.1) is 23.7 Å². The number of aromatic nitrogens is 3. The van der Waals surface area contributed by atoms with E-state index in [4.69, 9.17) is 4.74 Å². The van der Waals surface area contributed by atoms with Gasteiger partial charge >= 0.3 is 0 Å². The van der Waals surface area contributed by atoms with E-state index in [0.717, 1.165) is 69.3 Å². The molecule has 0 unspecified atom stereocenters. The first-order chi connectivity index (χ1) is 14.7. The monoisotopic (exact) mass is 430 g/mol. The number of aryl methyl sites for hydroxylation is 1. The highest BCUT2D eigenvalue weighted by Gasteiger charge is 2.32. The third kappa shape index (κ3) is 5.74. The zero-order valence-electron chi connectivity index (χ0n) is 17.4. The Labute approximate surface area is 181 Å². The summed E-state index contributed by atoms with van der Waals surface area (Å²) in [5, 5.41) is 8.65. The normalized spacial score (nSPS) is 23.6. The van der Waals surface area contributed by atoms with Crippen LogP contribution in [0.25, 0.3) is 0 Å². The van der Waals surface area contributed by atoms with Crippen molar-refractivity contribution in [1.29, 1.82) is 0 Å². The molecule has 4 rings (SSSR count). The molecule has 0 aliphatic carbocycles. The lowest BCUT2D eigenvalue weighted by Crippen LogP contribution is -2.47. The first-order valence-corrected chi connectivity index (χ1v) is 11.6. The molecule has 2 aromatic rings. The molecule has 2 aromatic heterocycles. The summed E-state index contributed by atoms with van der Waals surface area (Å²) in [7, 11) is 0. The van der Waals surface area contributed by atoms with Gasteiger partial charge in [0.1, 0.15) is 11.6 Å². The maximum absolute atomic E-state index is 13.0. The Morgan fingerprint density at radius 3 is 2.87 bits per heavy atom. The molecule has 0 spiro atoms. The average molecular weight is 431 g/mol. The molecular formula is C21H30N6O2S. The van der Waals surface area contributed by atoms with Crippen LogP contribution in [0.1, 0.15) is 37.2 Å². The minimum absolute atomic E-state index is 0.0228. The van der Waals surface area contributed by atoms with Gasteiger partial charge < -0.3 is 15.4 Å². The minimum atomic E-state index is -0.0228. The SMILES string of the molecule is Cc1nccc(N[C@H]2CC[C@@H](C(=O)NCc3cscn3)CN(C3CCOCC3)C2)n1. The van der Waals surface area contributed by atoms with Crippen LogP contribution in [-0.4, -0.2) is 64.1 Å². The van der Waals surface area contributed by atoms with Gasteiger partial charge in [0.2, 0.25) is 5.91 Å². The first-order valence-electron chi connectivity index (χ1n) is 10.7. The summed E-state index contributed by atoms with van der Waals surface area (Å²) >= 11 is 1.55. The zero-order chi connectivity index (χ0) is 20.8. The van der Waals surface area contributed by atoms with Crippen molar-refractivity contribution in [3.63, 3.8) is 0 Å². The highest BCUT2D eigenvalue weighted by atomic mass is 32.1. The molecule has 30 heavy (non-hydrogen) atoms. The second kappa shape index (κ2) is 10.3. The van der Waals surface area contributed by atoms with Crippen LogP contribution >= 0.6 is 11.3 Å². The molecule has 2 aliphatic heterocycles. The summed E-state index contributed by atoms with van der Waals surface area (Å²) in [6, 6.07) is 2.62. The van der Waals surface area contributed by atoms with Crippen molar-refractivity contribution < 1.29 is 9.53 Å². The Bertz CT molecular complexity index is 812. The predicted octanol–water partition coefficient (Wildman–Crippen LogP) is 2.23. The molecule has 2 fully saturated rings. The number of anilines is 1. The molecule has 2 atom stereocenters. The number of likely N-dealkylation sites (tertiary alicyclic amines) is 1. The quantitative estimate of drug-likeness (QED) is 0.726. The van der Waals surface area contributed by atoms with Crippen molar-refractivity contribution >= 4 is 23.1 Å². The van der Waals surface area contributed by atoms with Crippen molar-refractivity contribution in [2.75, 3.05) is 31.6 Å². The Morgan fingerprint density at radius 1 is 1.23 bits per heavy atom. The van der Waals surface area contributed by atoms with Crippen LogP contribution in [0.2, 0.25) is 0 Å². The number of hydrogen-bond acceptors (Lipinski definition) is 8. The number of ether oxygens (including phenoxy) is 1. The van der Waals surface area contributed by atoms with Crippen LogP contribution in [0.3, 0.4) is 0 Å². The van der Waals surface area contributed by atoms with Gasteiger partial charge in [-0.3, -0.25) is 9.69 Å². The van der Waals surface area contributed by atoms with Crippen molar-refractivity contribution in [2.45, 2.75) is 51.2 Å². The van der Waals surface area contributed by atoms with E-state index in [1.807, 2.05) is 18.4 Å². The second-order valence-electron chi connectivity index (χ2n) is 8.10. The van der Waals surface area contributed by atoms with E-state index in [-0.39, 0.29) is 17.9 Å². The molecule has 0 radical (unpaired) electrons. The molecule has 9 heteroatoms. The molecule has 162 valence electrons. The summed E-state index contributed by atoms with van der Waals surface area (Å²) in [5.74, 6) is 1.71. The minimum Gasteiger partial charge on any atom is -0.381 e. The van der Waals surface area contributed by atoms with Gasteiger partial charge in [0.15, 0.2) is 0 Å². The molecule has 0 bridgehead atoms. The maximum atomic E-state index is 13.0. The van der Waals surface area contributed by atoms with Gasteiger partial charge in [-0.05, 0) is 38.7 Å². The van der Waals surface area contributed by atoms with Crippen LogP contribution in [0.5, 0.6) is 0 Å². The number of carbonyl (C=O) groups is 1. The molecule has 2 aliphatic rings. The third-order valence-corrected chi connectivity index (χ3v) is 6.54. The topological polar surface area (TPSA) is 92.3 Å². The van der Waals surface area contributed by atoms with E-state index in [9.17, 15) is 4.79 Å². The Balaban J connectivity index is 1.43. The van der Waals surface area contributed by atoms with E-state index in [1.165, 1.54) is 0 Å². The van der Waals surface area contributed by atoms with Gasteiger partial charge in [-0.15, -0.1) is 11.3 Å². The van der Waals surface area contributed by atoms with Gasteiger partial charge in [-0.1, -0.05) is 0 Å². The fourth-order valence-electron chi connectivity index (χ4n) is 4.30. The molecule has 0 saturated carbocycles. The highest BCUT2D eigenvalue weighted by molar-refractivity contribution is 7.07. The number of thiazole rings is 1. The van der Waals surface area contributed by atoms with E-state index in [1.54, 1.807) is 23.0 Å². The van der Waals surface area contributed by atoms with Crippen LogP contribution in [0.4, 0.5) is 5.82 Å². The molecule has 2 saturated heterocycles. The lowest BCUT2D eigenvalue weighted by Gasteiger charge is -2.36. The predicted molar refractivity (Wildman–Crippen MR) is 116 cm³/mol. The Morgan fingerprint density at radius 2 is 2.10 bits per heavy atom. The van der Waals surface area contributed by atoms with E-state index in [0.29, 0.717) is 12.6 Å². The molecule has 8 nitrogen and oxygen atoms in total. The van der Waals surface area contributed by atoms with Crippen molar-refractivity contribution in [3.05, 3.63) is 34.7 Å². The fraction of sp³-hybridized carbons (Fsp3) is 0.619. The highest BCUT2D eigenvalue weighted by Crippen LogP contribution is 2.25. The first kappa shape index (κ1) is 21.1. The van der Waals surface area contributed by atoms with Crippen LogP contribution < -0.4 is 10.6 Å². The number of nitrogens with one attached hydrogen (secondary N) is 2. The molecular weight excluding hydrogens is 400 g/mol. The second-order valence-corrected chi connectivity index (χ2v) is 8.82. The molecule has 4 heterocycles. The van der Waals surface area contributed by atoms with Gasteiger partial charge in [-0.2, -0.15) is 0 Å². The van der Waals surface area contributed by atoms with E-state index >= 15 is 0 Å². The summed E-state index contributed by atoms with van der Waals surface area (Å²) < 4.78 is 5.57. The maximum Gasteiger partial charge on any atom is 0.224 e. The van der Waals surface area contributed by atoms with Gasteiger partial charge in [0, 0.05) is 50.0 Å². The number of rotatable bonds is 6. The lowest BCUT2D eigenvalue weighted by molar-refractivity contribution is -0.126. The van der Waals surface area contributed by atoms with E-state index < -0.39 is 0 Å². The smallest absolute Gasteiger partial charge is 0.224 e. The number of hydrogen-bond donors (Lipinski definition) is 2. The van der Waals surface area contributed by atoms with Gasteiger partial charge in [-0.25, -0.2) is 15.0 Å². The largest absolute Gasteiger partial charge is 0.381 e. The number of nitrogens with zero attached hydrogens (tertiary/aromatic N) is 4. The molecule has 0 aromatic carbocycles. The number of amides is 1. The van der Waals surface area contributed by atoms with Crippen LogP contribution in [0, 0.1) is 12.8 Å².